The van der Waals surface area contributed by atoms with E-state index in [1.807, 2.05) is 0 Å². The van der Waals surface area contributed by atoms with Crippen LogP contribution >= 0.6 is 0 Å². The molecule has 0 aromatic rings. The molecule has 0 radical (unpaired) electrons. The van der Waals surface area contributed by atoms with Gasteiger partial charge in [0.15, 0.2) is 0 Å². The summed E-state index contributed by atoms with van der Waals surface area (Å²) < 4.78 is 0. The van der Waals surface area contributed by atoms with Crippen molar-refractivity contribution in [2.45, 2.75) is 72.3 Å². The summed E-state index contributed by atoms with van der Waals surface area (Å²) >= 11 is 0. The summed E-state index contributed by atoms with van der Waals surface area (Å²) in [6.45, 7) is 10.5. The number of hydrogen-bond donors (Lipinski definition) is 1. The molecule has 0 heterocycles. The fraction of sp³-hybridized carbons (Fsp3) is 1.00. The molecule has 0 spiro atoms. The van der Waals surface area contributed by atoms with Crippen LogP contribution in [0.4, 0.5) is 0 Å². The Morgan fingerprint density at radius 1 is 1.00 bits per heavy atom. The zero-order chi connectivity index (χ0) is 12.0. The Kier molecular flexibility index (Phi) is 6.41. The van der Waals surface area contributed by atoms with Crippen LogP contribution in [0.3, 0.4) is 0 Å². The minimum Gasteiger partial charge on any atom is -0.314 e. The first-order chi connectivity index (χ1) is 7.69. The third kappa shape index (κ3) is 4.08. The Balaban J connectivity index is 2.37. The molecular weight excluding hydrogens is 194 g/mol. The van der Waals surface area contributed by atoms with Gasteiger partial charge in [-0.3, -0.25) is 0 Å². The van der Waals surface area contributed by atoms with E-state index >= 15 is 0 Å². The van der Waals surface area contributed by atoms with Crippen molar-refractivity contribution in [3.05, 3.63) is 0 Å². The van der Waals surface area contributed by atoms with Crippen molar-refractivity contribution in [2.24, 2.45) is 17.8 Å². The summed E-state index contributed by atoms with van der Waals surface area (Å²) in [5.41, 5.74) is 0. The second-order valence-electron chi connectivity index (χ2n) is 5.87. The van der Waals surface area contributed by atoms with Crippen LogP contribution in [0, 0.1) is 17.8 Å². The molecule has 1 nitrogen and oxygen atoms in total. The van der Waals surface area contributed by atoms with Crippen molar-refractivity contribution in [3.8, 4) is 0 Å². The lowest BCUT2D eigenvalue weighted by Gasteiger charge is -2.35. The van der Waals surface area contributed by atoms with Crippen LogP contribution < -0.4 is 5.32 Å². The predicted octanol–water partition coefficient (Wildman–Crippen LogP) is 4.23. The van der Waals surface area contributed by atoms with E-state index in [1.165, 1.54) is 38.5 Å². The van der Waals surface area contributed by atoms with Crippen LogP contribution in [0.1, 0.15) is 66.2 Å². The van der Waals surface area contributed by atoms with Gasteiger partial charge in [0.2, 0.25) is 0 Å². The van der Waals surface area contributed by atoms with Gasteiger partial charge < -0.3 is 5.32 Å². The maximum absolute atomic E-state index is 3.70. The van der Waals surface area contributed by atoms with Gasteiger partial charge in [-0.25, -0.2) is 0 Å². The van der Waals surface area contributed by atoms with Gasteiger partial charge in [0.25, 0.3) is 0 Å². The van der Waals surface area contributed by atoms with Gasteiger partial charge in [0.1, 0.15) is 0 Å². The van der Waals surface area contributed by atoms with Crippen molar-refractivity contribution in [3.63, 3.8) is 0 Å². The summed E-state index contributed by atoms with van der Waals surface area (Å²) in [6, 6.07) is 0.795. The van der Waals surface area contributed by atoms with Gasteiger partial charge in [-0.05, 0) is 56.4 Å². The standard InChI is InChI=1S/C15H31N/c1-5-7-15(16-6-2)14-10-8-13(9-11-14)12(3)4/h12-16H,5-11H2,1-4H3. The molecule has 1 atom stereocenters. The van der Waals surface area contributed by atoms with Crippen molar-refractivity contribution < 1.29 is 0 Å². The van der Waals surface area contributed by atoms with Crippen LogP contribution in [0.15, 0.2) is 0 Å². The molecule has 1 fully saturated rings. The Morgan fingerprint density at radius 3 is 2.00 bits per heavy atom. The highest BCUT2D eigenvalue weighted by molar-refractivity contribution is 4.82. The molecular formula is C15H31N. The molecule has 1 unspecified atom stereocenters. The molecule has 0 amide bonds. The van der Waals surface area contributed by atoms with Crippen molar-refractivity contribution in [1.82, 2.24) is 5.32 Å². The molecule has 16 heavy (non-hydrogen) atoms. The van der Waals surface area contributed by atoms with E-state index in [9.17, 15) is 0 Å². The van der Waals surface area contributed by atoms with Crippen LogP contribution in [0.25, 0.3) is 0 Å². The first-order valence-corrected chi connectivity index (χ1v) is 7.42. The molecule has 0 saturated heterocycles. The zero-order valence-corrected chi connectivity index (χ0v) is 11.8. The molecule has 1 heteroatoms. The van der Waals surface area contributed by atoms with Crippen molar-refractivity contribution in [2.75, 3.05) is 6.54 Å². The van der Waals surface area contributed by atoms with Gasteiger partial charge in [0.05, 0.1) is 0 Å². The third-order valence-corrected chi connectivity index (χ3v) is 4.39. The topological polar surface area (TPSA) is 12.0 Å². The lowest BCUT2D eigenvalue weighted by atomic mass is 9.74. The summed E-state index contributed by atoms with van der Waals surface area (Å²) in [5, 5.41) is 3.70. The third-order valence-electron chi connectivity index (χ3n) is 4.39. The van der Waals surface area contributed by atoms with Crippen molar-refractivity contribution >= 4 is 0 Å². The van der Waals surface area contributed by atoms with Crippen LogP contribution in [0.5, 0.6) is 0 Å². The van der Waals surface area contributed by atoms with Crippen LogP contribution in [-0.2, 0) is 0 Å². The molecule has 1 aliphatic rings. The normalized spacial score (nSPS) is 28.3. The second kappa shape index (κ2) is 7.32. The molecule has 0 bridgehead atoms. The molecule has 1 saturated carbocycles. The van der Waals surface area contributed by atoms with E-state index in [2.05, 4.69) is 33.0 Å². The molecule has 0 aromatic carbocycles. The highest BCUT2D eigenvalue weighted by Crippen LogP contribution is 2.35. The Bertz CT molecular complexity index is 162. The SMILES string of the molecule is CCCC(NCC)C1CCC(C(C)C)CC1. The summed E-state index contributed by atoms with van der Waals surface area (Å²) in [5.74, 6) is 2.85. The van der Waals surface area contributed by atoms with Gasteiger partial charge >= 0.3 is 0 Å². The second-order valence-corrected chi connectivity index (χ2v) is 5.87. The predicted molar refractivity (Wildman–Crippen MR) is 72.7 cm³/mol. The Hall–Kier alpha value is -0.0400. The molecule has 0 aliphatic heterocycles. The van der Waals surface area contributed by atoms with Crippen molar-refractivity contribution in [1.29, 1.82) is 0 Å². The average molecular weight is 225 g/mol. The quantitative estimate of drug-likeness (QED) is 0.713. The maximum atomic E-state index is 3.70. The van der Waals surface area contributed by atoms with E-state index in [0.29, 0.717) is 0 Å². The Morgan fingerprint density at radius 2 is 1.56 bits per heavy atom. The number of nitrogens with one attached hydrogen (secondary N) is 1. The smallest absolute Gasteiger partial charge is 0.00951 e. The fourth-order valence-electron chi connectivity index (χ4n) is 3.29. The van der Waals surface area contributed by atoms with E-state index in [4.69, 9.17) is 0 Å². The van der Waals surface area contributed by atoms with Gasteiger partial charge in [-0.1, -0.05) is 34.1 Å². The fourth-order valence-corrected chi connectivity index (χ4v) is 3.29. The zero-order valence-electron chi connectivity index (χ0n) is 11.8. The van der Waals surface area contributed by atoms with E-state index in [0.717, 1.165) is 30.3 Å². The Labute approximate surface area is 102 Å². The molecule has 96 valence electrons. The highest BCUT2D eigenvalue weighted by atomic mass is 14.9. The first kappa shape index (κ1) is 14.0. The summed E-state index contributed by atoms with van der Waals surface area (Å²) in [4.78, 5) is 0. The number of rotatable bonds is 6. The van der Waals surface area contributed by atoms with Gasteiger partial charge in [-0.2, -0.15) is 0 Å². The van der Waals surface area contributed by atoms with E-state index in [-0.39, 0.29) is 0 Å². The lowest BCUT2D eigenvalue weighted by Crippen LogP contribution is -2.38. The van der Waals surface area contributed by atoms with E-state index < -0.39 is 0 Å². The first-order valence-electron chi connectivity index (χ1n) is 7.42. The van der Waals surface area contributed by atoms with Crippen LogP contribution in [-0.4, -0.2) is 12.6 Å². The average Bonchev–Trinajstić information content (AvgIpc) is 2.29. The van der Waals surface area contributed by atoms with E-state index in [1.54, 1.807) is 0 Å². The summed E-state index contributed by atoms with van der Waals surface area (Å²) in [7, 11) is 0. The lowest BCUT2D eigenvalue weighted by molar-refractivity contribution is 0.184. The summed E-state index contributed by atoms with van der Waals surface area (Å²) in [6.07, 6.45) is 8.54. The van der Waals surface area contributed by atoms with Gasteiger partial charge in [0, 0.05) is 6.04 Å². The minimum absolute atomic E-state index is 0.795. The monoisotopic (exact) mass is 225 g/mol. The molecule has 1 aliphatic carbocycles. The largest absolute Gasteiger partial charge is 0.314 e. The molecule has 1 rings (SSSR count). The maximum Gasteiger partial charge on any atom is 0.00951 e. The van der Waals surface area contributed by atoms with Crippen LogP contribution in [0.2, 0.25) is 0 Å². The molecule has 1 N–H and O–H groups in total. The minimum atomic E-state index is 0.795. The number of hydrogen-bond acceptors (Lipinski definition) is 1. The van der Waals surface area contributed by atoms with Gasteiger partial charge in [-0.15, -0.1) is 0 Å². The molecule has 0 aromatic heterocycles. The highest BCUT2D eigenvalue weighted by Gasteiger charge is 2.27.